The predicted octanol–water partition coefficient (Wildman–Crippen LogP) is 2.19. The van der Waals surface area contributed by atoms with E-state index in [2.05, 4.69) is 35.6 Å². The maximum atomic E-state index is 4.82. The smallest absolute Gasteiger partial charge is 0.0572 e. The lowest BCUT2D eigenvalue weighted by atomic mass is 10.1. The van der Waals surface area contributed by atoms with Crippen LogP contribution in [-0.4, -0.2) is 12.1 Å². The van der Waals surface area contributed by atoms with Crippen molar-refractivity contribution in [1.82, 2.24) is 10.5 Å². The molecule has 0 aliphatic carbocycles. The second kappa shape index (κ2) is 4.38. The maximum Gasteiger partial charge on any atom is 0.0572 e. The number of aromatic nitrogens is 1. The van der Waals surface area contributed by atoms with E-state index >= 15 is 0 Å². The fraction of sp³-hybridized carbons (Fsp3) is 0.250. The van der Waals surface area contributed by atoms with Gasteiger partial charge in [0.2, 0.25) is 0 Å². The van der Waals surface area contributed by atoms with Gasteiger partial charge in [-0.3, -0.25) is 4.98 Å². The zero-order valence-corrected chi connectivity index (χ0v) is 8.95. The number of benzene rings is 1. The molecule has 0 aliphatic heterocycles. The molecule has 1 N–H and O–H groups in total. The second-order valence-corrected chi connectivity index (χ2v) is 3.54. The molecular formula is C12H14N2O. The van der Waals surface area contributed by atoms with Crippen molar-refractivity contribution in [3.8, 4) is 0 Å². The zero-order chi connectivity index (χ0) is 10.7. The summed E-state index contributed by atoms with van der Waals surface area (Å²) in [4.78, 5) is 9.00. The van der Waals surface area contributed by atoms with Gasteiger partial charge in [-0.25, -0.2) is 0 Å². The number of nitrogens with zero attached hydrogens (tertiary/aromatic N) is 1. The van der Waals surface area contributed by atoms with Crippen LogP contribution in [0.1, 0.15) is 11.1 Å². The number of pyridine rings is 1. The molecule has 0 aliphatic rings. The Morgan fingerprint density at radius 1 is 1.33 bits per heavy atom. The Morgan fingerprint density at radius 3 is 3.00 bits per heavy atom. The van der Waals surface area contributed by atoms with Gasteiger partial charge in [-0.1, -0.05) is 12.1 Å². The molecule has 0 radical (unpaired) electrons. The normalized spacial score (nSPS) is 10.8. The number of hydroxylamine groups is 1. The van der Waals surface area contributed by atoms with Gasteiger partial charge in [0.15, 0.2) is 0 Å². The van der Waals surface area contributed by atoms with Gasteiger partial charge in [0.1, 0.15) is 0 Å². The van der Waals surface area contributed by atoms with Crippen molar-refractivity contribution in [3.63, 3.8) is 0 Å². The standard InChI is InChI=1S/C12H14N2O/c1-9-6-13-8-11-5-10(7-14-15-2)3-4-12(9)11/h3-6,8,14H,7H2,1-2H3. The van der Waals surface area contributed by atoms with Gasteiger partial charge in [0.05, 0.1) is 7.11 Å². The molecule has 3 heteroatoms. The molecule has 0 atom stereocenters. The quantitative estimate of drug-likeness (QED) is 0.775. The van der Waals surface area contributed by atoms with Crippen molar-refractivity contribution < 1.29 is 4.84 Å². The minimum atomic E-state index is 0.709. The van der Waals surface area contributed by atoms with Crippen LogP contribution in [0.5, 0.6) is 0 Å². The van der Waals surface area contributed by atoms with Crippen LogP contribution in [0.2, 0.25) is 0 Å². The lowest BCUT2D eigenvalue weighted by Crippen LogP contribution is -2.10. The number of hydrogen-bond acceptors (Lipinski definition) is 3. The van der Waals surface area contributed by atoms with Crippen LogP contribution in [0.3, 0.4) is 0 Å². The third-order valence-electron chi connectivity index (χ3n) is 2.44. The number of hydrogen-bond donors (Lipinski definition) is 1. The molecule has 0 bridgehead atoms. The van der Waals surface area contributed by atoms with E-state index in [1.54, 1.807) is 7.11 Å². The SMILES string of the molecule is CONCc1ccc2c(C)cncc2c1. The Kier molecular flexibility index (Phi) is 2.94. The van der Waals surface area contributed by atoms with Gasteiger partial charge in [-0.2, -0.15) is 5.48 Å². The highest BCUT2D eigenvalue weighted by Gasteiger charge is 1.99. The Bertz CT molecular complexity index is 468. The molecule has 0 spiro atoms. The summed E-state index contributed by atoms with van der Waals surface area (Å²) in [5, 5.41) is 2.43. The molecule has 1 aromatic heterocycles. The summed E-state index contributed by atoms with van der Waals surface area (Å²) in [6.45, 7) is 2.78. The van der Waals surface area contributed by atoms with Crippen LogP contribution in [-0.2, 0) is 11.4 Å². The number of aryl methyl sites for hydroxylation is 1. The van der Waals surface area contributed by atoms with E-state index in [9.17, 15) is 0 Å². The van der Waals surface area contributed by atoms with Gasteiger partial charge in [0, 0.05) is 24.3 Å². The maximum absolute atomic E-state index is 4.82. The first-order valence-corrected chi connectivity index (χ1v) is 4.90. The lowest BCUT2D eigenvalue weighted by molar-refractivity contribution is 0.0867. The lowest BCUT2D eigenvalue weighted by Gasteiger charge is -2.05. The van der Waals surface area contributed by atoms with Crippen LogP contribution in [0.25, 0.3) is 10.8 Å². The highest BCUT2D eigenvalue weighted by atomic mass is 16.6. The van der Waals surface area contributed by atoms with E-state index in [1.807, 2.05) is 12.4 Å². The van der Waals surface area contributed by atoms with E-state index < -0.39 is 0 Å². The largest absolute Gasteiger partial charge is 0.305 e. The first-order chi connectivity index (χ1) is 7.31. The number of nitrogens with one attached hydrogen (secondary N) is 1. The van der Waals surface area contributed by atoms with E-state index in [4.69, 9.17) is 4.84 Å². The molecular weight excluding hydrogens is 188 g/mol. The minimum Gasteiger partial charge on any atom is -0.305 e. The van der Waals surface area contributed by atoms with Crippen LogP contribution >= 0.6 is 0 Å². The molecule has 0 fully saturated rings. The summed E-state index contributed by atoms with van der Waals surface area (Å²) in [5.41, 5.74) is 5.22. The molecule has 3 nitrogen and oxygen atoms in total. The summed E-state index contributed by atoms with van der Waals surface area (Å²) in [5.74, 6) is 0. The Hall–Kier alpha value is -1.45. The fourth-order valence-electron chi connectivity index (χ4n) is 1.64. The van der Waals surface area contributed by atoms with E-state index in [0.29, 0.717) is 6.54 Å². The van der Waals surface area contributed by atoms with Crippen molar-refractivity contribution in [2.45, 2.75) is 13.5 Å². The van der Waals surface area contributed by atoms with Crippen molar-refractivity contribution in [1.29, 1.82) is 0 Å². The van der Waals surface area contributed by atoms with Crippen molar-refractivity contribution in [2.24, 2.45) is 0 Å². The Balaban J connectivity index is 2.39. The Morgan fingerprint density at radius 2 is 2.20 bits per heavy atom. The van der Waals surface area contributed by atoms with Gasteiger partial charge in [-0.15, -0.1) is 0 Å². The topological polar surface area (TPSA) is 34.1 Å². The van der Waals surface area contributed by atoms with Gasteiger partial charge in [-0.05, 0) is 29.5 Å². The third-order valence-corrected chi connectivity index (χ3v) is 2.44. The molecule has 1 aromatic carbocycles. The van der Waals surface area contributed by atoms with Gasteiger partial charge in [0.25, 0.3) is 0 Å². The van der Waals surface area contributed by atoms with Crippen LogP contribution < -0.4 is 5.48 Å². The monoisotopic (exact) mass is 202 g/mol. The average molecular weight is 202 g/mol. The van der Waals surface area contributed by atoms with Crippen LogP contribution in [0.15, 0.2) is 30.6 Å². The summed E-state index contributed by atoms with van der Waals surface area (Å²) in [6.07, 6.45) is 3.77. The van der Waals surface area contributed by atoms with Gasteiger partial charge >= 0.3 is 0 Å². The predicted molar refractivity (Wildman–Crippen MR) is 60.3 cm³/mol. The molecule has 15 heavy (non-hydrogen) atoms. The van der Waals surface area contributed by atoms with Crippen molar-refractivity contribution >= 4 is 10.8 Å². The molecule has 0 amide bonds. The van der Waals surface area contributed by atoms with E-state index in [1.165, 1.54) is 21.9 Å². The van der Waals surface area contributed by atoms with E-state index in [-0.39, 0.29) is 0 Å². The van der Waals surface area contributed by atoms with Crippen LogP contribution in [0, 0.1) is 6.92 Å². The molecule has 0 unspecified atom stereocenters. The van der Waals surface area contributed by atoms with Crippen LogP contribution in [0.4, 0.5) is 0 Å². The first-order valence-electron chi connectivity index (χ1n) is 4.90. The summed E-state index contributed by atoms with van der Waals surface area (Å²) in [7, 11) is 1.62. The summed E-state index contributed by atoms with van der Waals surface area (Å²) < 4.78 is 0. The second-order valence-electron chi connectivity index (χ2n) is 3.54. The molecule has 2 aromatic rings. The minimum absolute atomic E-state index is 0.709. The third kappa shape index (κ3) is 2.14. The average Bonchev–Trinajstić information content (AvgIpc) is 2.26. The fourth-order valence-corrected chi connectivity index (χ4v) is 1.64. The molecule has 0 saturated heterocycles. The first kappa shape index (κ1) is 10.1. The molecule has 78 valence electrons. The number of rotatable bonds is 3. The summed E-state index contributed by atoms with van der Waals surface area (Å²) in [6, 6.07) is 6.35. The van der Waals surface area contributed by atoms with Crippen molar-refractivity contribution in [2.75, 3.05) is 7.11 Å². The number of fused-ring (bicyclic) bond motifs is 1. The van der Waals surface area contributed by atoms with Gasteiger partial charge < -0.3 is 4.84 Å². The Labute approximate surface area is 89.0 Å². The highest BCUT2D eigenvalue weighted by Crippen LogP contribution is 2.18. The van der Waals surface area contributed by atoms with Crippen molar-refractivity contribution in [3.05, 3.63) is 41.7 Å². The molecule has 0 saturated carbocycles. The zero-order valence-electron chi connectivity index (χ0n) is 8.95. The molecule has 1 heterocycles. The highest BCUT2D eigenvalue weighted by molar-refractivity contribution is 5.85. The van der Waals surface area contributed by atoms with E-state index in [0.717, 1.165) is 0 Å². The molecule has 2 rings (SSSR count). The summed E-state index contributed by atoms with van der Waals surface area (Å²) >= 11 is 0.